The van der Waals surface area contributed by atoms with Crippen molar-refractivity contribution in [2.75, 3.05) is 19.8 Å². The van der Waals surface area contributed by atoms with Crippen LogP contribution >= 0.6 is 0 Å². The lowest BCUT2D eigenvalue weighted by Crippen LogP contribution is -2.42. The molecular weight excluding hydrogens is 176 g/mol. The molecule has 0 spiro atoms. The van der Waals surface area contributed by atoms with Crippen molar-refractivity contribution < 1.29 is 9.47 Å². The summed E-state index contributed by atoms with van der Waals surface area (Å²) in [4.78, 5) is 0. The Morgan fingerprint density at radius 2 is 2.07 bits per heavy atom. The zero-order valence-corrected chi connectivity index (χ0v) is 9.63. The summed E-state index contributed by atoms with van der Waals surface area (Å²) in [5.74, 6) is 0.672. The van der Waals surface area contributed by atoms with Gasteiger partial charge in [-0.2, -0.15) is 0 Å². The number of unbranched alkanes of at least 4 members (excludes halogenated alkanes) is 3. The highest BCUT2D eigenvalue weighted by atomic mass is 16.5. The van der Waals surface area contributed by atoms with Crippen LogP contribution in [-0.4, -0.2) is 25.9 Å². The van der Waals surface area contributed by atoms with Crippen molar-refractivity contribution in [1.29, 1.82) is 0 Å². The predicted octanol–water partition coefficient (Wildman–Crippen LogP) is 3.01. The number of rotatable bonds is 8. The standard InChI is InChI=1S/C12H24O2/c1-3-5-6-7-8-13-9-11-10-14-12(11)4-2/h11-12H,3-10H2,1-2H3. The second kappa shape index (κ2) is 7.24. The third-order valence-corrected chi connectivity index (χ3v) is 2.93. The molecule has 1 aliphatic heterocycles. The highest BCUT2D eigenvalue weighted by molar-refractivity contribution is 4.76. The van der Waals surface area contributed by atoms with E-state index in [0.29, 0.717) is 12.0 Å². The van der Waals surface area contributed by atoms with Gasteiger partial charge in [0.15, 0.2) is 0 Å². The van der Waals surface area contributed by atoms with Crippen LogP contribution in [0.1, 0.15) is 46.0 Å². The smallest absolute Gasteiger partial charge is 0.0645 e. The molecule has 2 nitrogen and oxygen atoms in total. The van der Waals surface area contributed by atoms with Gasteiger partial charge in [-0.05, 0) is 12.8 Å². The van der Waals surface area contributed by atoms with Crippen molar-refractivity contribution in [2.45, 2.75) is 52.1 Å². The molecule has 1 fully saturated rings. The van der Waals surface area contributed by atoms with Gasteiger partial charge in [0.25, 0.3) is 0 Å². The molecule has 0 aromatic rings. The average molecular weight is 200 g/mol. The first-order chi connectivity index (χ1) is 6.88. The van der Waals surface area contributed by atoms with E-state index in [0.717, 1.165) is 26.2 Å². The number of hydrogen-bond acceptors (Lipinski definition) is 2. The third-order valence-electron chi connectivity index (χ3n) is 2.93. The van der Waals surface area contributed by atoms with Gasteiger partial charge in [0.1, 0.15) is 0 Å². The van der Waals surface area contributed by atoms with E-state index in [2.05, 4.69) is 13.8 Å². The molecule has 1 aliphatic rings. The minimum absolute atomic E-state index is 0.477. The normalized spacial score (nSPS) is 26.1. The van der Waals surface area contributed by atoms with E-state index in [4.69, 9.17) is 9.47 Å². The Morgan fingerprint density at radius 3 is 2.64 bits per heavy atom. The Labute approximate surface area is 88.0 Å². The molecule has 0 aromatic carbocycles. The highest BCUT2D eigenvalue weighted by Gasteiger charge is 2.30. The van der Waals surface area contributed by atoms with Crippen LogP contribution in [-0.2, 0) is 9.47 Å². The highest BCUT2D eigenvalue weighted by Crippen LogP contribution is 2.23. The van der Waals surface area contributed by atoms with Crippen LogP contribution in [0.25, 0.3) is 0 Å². The van der Waals surface area contributed by atoms with E-state index in [1.807, 2.05) is 0 Å². The van der Waals surface area contributed by atoms with E-state index >= 15 is 0 Å². The molecule has 0 aliphatic carbocycles. The first-order valence-electron chi connectivity index (χ1n) is 6.07. The molecule has 1 heterocycles. The van der Waals surface area contributed by atoms with Crippen LogP contribution in [0, 0.1) is 5.92 Å². The monoisotopic (exact) mass is 200 g/mol. The summed E-state index contributed by atoms with van der Waals surface area (Å²) in [5.41, 5.74) is 0. The Kier molecular flexibility index (Phi) is 6.20. The van der Waals surface area contributed by atoms with Crippen molar-refractivity contribution in [3.8, 4) is 0 Å². The molecule has 2 heteroatoms. The molecule has 84 valence electrons. The summed E-state index contributed by atoms with van der Waals surface area (Å²) in [6.45, 7) is 7.17. The van der Waals surface area contributed by atoms with Gasteiger partial charge < -0.3 is 9.47 Å². The van der Waals surface area contributed by atoms with Gasteiger partial charge >= 0.3 is 0 Å². The van der Waals surface area contributed by atoms with Crippen LogP contribution in [0.15, 0.2) is 0 Å². The zero-order chi connectivity index (χ0) is 10.2. The first-order valence-corrected chi connectivity index (χ1v) is 6.07. The molecule has 0 amide bonds. The Balaban J connectivity index is 1.84. The second-order valence-corrected chi connectivity index (χ2v) is 4.18. The number of hydrogen-bond donors (Lipinski definition) is 0. The van der Waals surface area contributed by atoms with E-state index in [-0.39, 0.29) is 0 Å². The van der Waals surface area contributed by atoms with Crippen LogP contribution in [0.3, 0.4) is 0 Å². The molecule has 0 bridgehead atoms. The van der Waals surface area contributed by atoms with E-state index in [1.165, 1.54) is 25.7 Å². The lowest BCUT2D eigenvalue weighted by molar-refractivity contribution is -0.140. The van der Waals surface area contributed by atoms with Crippen molar-refractivity contribution in [3.05, 3.63) is 0 Å². The minimum Gasteiger partial charge on any atom is -0.381 e. The summed E-state index contributed by atoms with van der Waals surface area (Å²) in [7, 11) is 0. The van der Waals surface area contributed by atoms with Crippen molar-refractivity contribution >= 4 is 0 Å². The summed E-state index contributed by atoms with van der Waals surface area (Å²) >= 11 is 0. The lowest BCUT2D eigenvalue weighted by Gasteiger charge is -2.35. The maximum Gasteiger partial charge on any atom is 0.0645 e. The topological polar surface area (TPSA) is 18.5 Å². The lowest BCUT2D eigenvalue weighted by atomic mass is 9.97. The zero-order valence-electron chi connectivity index (χ0n) is 9.63. The fourth-order valence-corrected chi connectivity index (χ4v) is 1.84. The number of ether oxygens (including phenoxy) is 2. The summed E-state index contributed by atoms with van der Waals surface area (Å²) in [5, 5.41) is 0. The second-order valence-electron chi connectivity index (χ2n) is 4.18. The van der Waals surface area contributed by atoms with Crippen molar-refractivity contribution in [1.82, 2.24) is 0 Å². The molecule has 1 saturated heterocycles. The molecule has 0 saturated carbocycles. The fraction of sp³-hybridized carbons (Fsp3) is 1.00. The van der Waals surface area contributed by atoms with Crippen LogP contribution in [0.2, 0.25) is 0 Å². The van der Waals surface area contributed by atoms with Crippen LogP contribution in [0.4, 0.5) is 0 Å². The molecule has 14 heavy (non-hydrogen) atoms. The van der Waals surface area contributed by atoms with Crippen molar-refractivity contribution in [3.63, 3.8) is 0 Å². The van der Waals surface area contributed by atoms with Gasteiger partial charge in [-0.15, -0.1) is 0 Å². The first kappa shape index (κ1) is 12.0. The quantitative estimate of drug-likeness (QED) is 0.561. The maximum atomic E-state index is 5.64. The molecule has 0 aromatic heterocycles. The van der Waals surface area contributed by atoms with Gasteiger partial charge in [0, 0.05) is 12.5 Å². The maximum absolute atomic E-state index is 5.64. The Bertz CT molecular complexity index is 134. The van der Waals surface area contributed by atoms with Gasteiger partial charge in [0.2, 0.25) is 0 Å². The van der Waals surface area contributed by atoms with Gasteiger partial charge in [-0.3, -0.25) is 0 Å². The van der Waals surface area contributed by atoms with E-state index in [9.17, 15) is 0 Å². The molecule has 2 atom stereocenters. The Morgan fingerprint density at radius 1 is 1.21 bits per heavy atom. The SMILES string of the molecule is CCCCCCOCC1COC1CC. The van der Waals surface area contributed by atoms with Gasteiger partial charge in [-0.25, -0.2) is 0 Å². The Hall–Kier alpha value is -0.0800. The average Bonchev–Trinajstić information content (AvgIpc) is 2.15. The molecule has 1 rings (SSSR count). The summed E-state index contributed by atoms with van der Waals surface area (Å²) < 4.78 is 11.0. The molecular formula is C12H24O2. The minimum atomic E-state index is 0.477. The third kappa shape index (κ3) is 3.97. The summed E-state index contributed by atoms with van der Waals surface area (Å²) in [6.07, 6.45) is 6.78. The predicted molar refractivity (Wildman–Crippen MR) is 58.5 cm³/mol. The van der Waals surface area contributed by atoms with Gasteiger partial charge in [0.05, 0.1) is 19.3 Å². The van der Waals surface area contributed by atoms with Crippen LogP contribution in [0.5, 0.6) is 0 Å². The largest absolute Gasteiger partial charge is 0.381 e. The van der Waals surface area contributed by atoms with E-state index in [1.54, 1.807) is 0 Å². The van der Waals surface area contributed by atoms with Crippen molar-refractivity contribution in [2.24, 2.45) is 5.92 Å². The van der Waals surface area contributed by atoms with Crippen LogP contribution < -0.4 is 0 Å². The van der Waals surface area contributed by atoms with Gasteiger partial charge in [-0.1, -0.05) is 33.1 Å². The van der Waals surface area contributed by atoms with E-state index < -0.39 is 0 Å². The molecule has 2 unspecified atom stereocenters. The fourth-order valence-electron chi connectivity index (χ4n) is 1.84. The summed E-state index contributed by atoms with van der Waals surface area (Å²) in [6, 6.07) is 0. The molecule has 0 radical (unpaired) electrons. The molecule has 0 N–H and O–H groups in total.